The topological polar surface area (TPSA) is 48.4 Å². The lowest BCUT2D eigenvalue weighted by molar-refractivity contribution is 0.0594. The summed E-state index contributed by atoms with van der Waals surface area (Å²) in [6.07, 6.45) is 0.147. The van der Waals surface area contributed by atoms with Crippen molar-refractivity contribution in [1.82, 2.24) is 4.98 Å². The molecule has 20 heavy (non-hydrogen) atoms. The molecule has 0 spiro atoms. The van der Waals surface area contributed by atoms with E-state index in [1.165, 1.54) is 18.4 Å². The van der Waals surface area contributed by atoms with Crippen molar-refractivity contribution >= 4 is 17.3 Å². The predicted molar refractivity (Wildman–Crippen MR) is 79.4 cm³/mol. The second-order valence-electron chi connectivity index (χ2n) is 4.61. The van der Waals surface area contributed by atoms with Crippen molar-refractivity contribution in [2.24, 2.45) is 0 Å². The molecule has 0 bridgehead atoms. The maximum absolute atomic E-state index is 11.6. The number of carbonyl (C=O) groups excluding carboxylic acids is 1. The number of esters is 1. The fraction of sp³-hybridized carbons (Fsp3) is 0.333. The zero-order chi connectivity index (χ0) is 14.7. The minimum atomic E-state index is -0.398. The van der Waals surface area contributed by atoms with Crippen molar-refractivity contribution < 1.29 is 14.3 Å². The van der Waals surface area contributed by atoms with E-state index in [0.717, 1.165) is 21.2 Å². The molecule has 0 fully saturated rings. The number of methoxy groups -OCH3 is 1. The molecule has 1 aromatic carbocycles. The minimum Gasteiger partial charge on any atom is -0.491 e. The van der Waals surface area contributed by atoms with Gasteiger partial charge >= 0.3 is 5.97 Å². The smallest absolute Gasteiger partial charge is 0.357 e. The molecule has 2 aromatic rings. The van der Waals surface area contributed by atoms with Gasteiger partial charge in [-0.3, -0.25) is 0 Å². The van der Waals surface area contributed by atoms with Crippen LogP contribution in [-0.2, 0) is 4.74 Å². The molecule has 1 aromatic heterocycles. The van der Waals surface area contributed by atoms with Crippen molar-refractivity contribution in [3.63, 3.8) is 0 Å². The summed E-state index contributed by atoms with van der Waals surface area (Å²) in [7, 11) is 1.36. The lowest BCUT2D eigenvalue weighted by Crippen LogP contribution is -2.05. The highest BCUT2D eigenvalue weighted by molar-refractivity contribution is 7.15. The first-order chi connectivity index (χ1) is 9.51. The molecule has 2 rings (SSSR count). The Bertz CT molecular complexity index is 602. The molecule has 0 atom stereocenters. The molecule has 0 saturated heterocycles. The first-order valence-corrected chi connectivity index (χ1v) is 7.15. The van der Waals surface area contributed by atoms with Crippen LogP contribution in [0.5, 0.6) is 5.75 Å². The molecule has 0 amide bonds. The van der Waals surface area contributed by atoms with E-state index in [9.17, 15) is 4.79 Å². The van der Waals surface area contributed by atoms with Gasteiger partial charge in [0.05, 0.1) is 13.2 Å². The molecule has 4 nitrogen and oxygen atoms in total. The van der Waals surface area contributed by atoms with Crippen LogP contribution in [0, 0.1) is 6.92 Å². The number of carbonyl (C=O) groups is 1. The number of benzene rings is 1. The van der Waals surface area contributed by atoms with Gasteiger partial charge in [-0.25, -0.2) is 9.78 Å². The Morgan fingerprint density at radius 2 is 1.90 bits per heavy atom. The number of nitrogens with zero attached hydrogens (tertiary/aromatic N) is 1. The maximum atomic E-state index is 11.6. The highest BCUT2D eigenvalue weighted by atomic mass is 32.1. The number of ether oxygens (including phenoxy) is 2. The first kappa shape index (κ1) is 14.5. The Morgan fingerprint density at radius 1 is 1.25 bits per heavy atom. The number of aromatic nitrogens is 1. The molecule has 0 aliphatic carbocycles. The van der Waals surface area contributed by atoms with Crippen LogP contribution in [0.3, 0.4) is 0 Å². The zero-order valence-corrected chi connectivity index (χ0v) is 12.8. The maximum Gasteiger partial charge on any atom is 0.357 e. The Morgan fingerprint density at radius 3 is 2.45 bits per heavy atom. The molecular formula is C15H17NO3S. The van der Waals surface area contributed by atoms with E-state index in [4.69, 9.17) is 9.47 Å². The quantitative estimate of drug-likeness (QED) is 0.806. The number of aryl methyl sites for hydroxylation is 1. The SMILES string of the molecule is COC(=O)c1nc(-c2ccc(OC(C)C)cc2)sc1C. The average molecular weight is 291 g/mol. The van der Waals surface area contributed by atoms with Crippen molar-refractivity contribution in [1.29, 1.82) is 0 Å². The van der Waals surface area contributed by atoms with Gasteiger partial charge in [-0.15, -0.1) is 11.3 Å². The van der Waals surface area contributed by atoms with E-state index >= 15 is 0 Å². The van der Waals surface area contributed by atoms with Gasteiger partial charge in [-0.2, -0.15) is 0 Å². The van der Waals surface area contributed by atoms with Gasteiger partial charge in [-0.1, -0.05) is 0 Å². The molecule has 1 heterocycles. The summed E-state index contributed by atoms with van der Waals surface area (Å²) >= 11 is 1.48. The van der Waals surface area contributed by atoms with Crippen LogP contribution in [0.2, 0.25) is 0 Å². The number of thiazole rings is 1. The third-order valence-electron chi connectivity index (χ3n) is 2.65. The second-order valence-corrected chi connectivity index (χ2v) is 5.81. The van der Waals surface area contributed by atoms with Gasteiger partial charge in [0, 0.05) is 10.4 Å². The monoisotopic (exact) mass is 291 g/mol. The number of hydrogen-bond donors (Lipinski definition) is 0. The summed E-state index contributed by atoms with van der Waals surface area (Å²) in [5, 5.41) is 0.805. The van der Waals surface area contributed by atoms with Gasteiger partial charge in [0.15, 0.2) is 5.69 Å². The van der Waals surface area contributed by atoms with E-state index in [-0.39, 0.29) is 6.10 Å². The average Bonchev–Trinajstić information content (AvgIpc) is 2.80. The fourth-order valence-electron chi connectivity index (χ4n) is 1.75. The largest absolute Gasteiger partial charge is 0.491 e. The standard InChI is InChI=1S/C15H17NO3S/c1-9(2)19-12-7-5-11(6-8-12)14-16-13(10(3)20-14)15(17)18-4/h5-9H,1-4H3. The van der Waals surface area contributed by atoms with Crippen LogP contribution in [0.4, 0.5) is 0 Å². The predicted octanol–water partition coefficient (Wildman–Crippen LogP) is 3.69. The molecular weight excluding hydrogens is 274 g/mol. The highest BCUT2D eigenvalue weighted by Crippen LogP contribution is 2.29. The van der Waals surface area contributed by atoms with Crippen molar-refractivity contribution in [3.8, 4) is 16.3 Å². The van der Waals surface area contributed by atoms with Crippen LogP contribution in [0.25, 0.3) is 10.6 Å². The summed E-state index contributed by atoms with van der Waals surface area (Å²) in [6, 6.07) is 7.70. The molecule has 0 aliphatic heterocycles. The summed E-state index contributed by atoms with van der Waals surface area (Å²) in [5.41, 5.74) is 1.35. The Labute approximate surface area is 122 Å². The molecule has 0 saturated carbocycles. The minimum absolute atomic E-state index is 0.147. The molecule has 0 aliphatic rings. The Balaban J connectivity index is 2.26. The lowest BCUT2D eigenvalue weighted by atomic mass is 10.2. The van der Waals surface area contributed by atoms with E-state index in [2.05, 4.69) is 4.98 Å². The third-order valence-corrected chi connectivity index (χ3v) is 3.67. The Hall–Kier alpha value is -1.88. The molecule has 0 N–H and O–H groups in total. The molecule has 106 valence electrons. The second kappa shape index (κ2) is 6.05. The highest BCUT2D eigenvalue weighted by Gasteiger charge is 2.16. The van der Waals surface area contributed by atoms with Crippen LogP contribution in [0.1, 0.15) is 29.2 Å². The van der Waals surface area contributed by atoms with Crippen molar-refractivity contribution in [3.05, 3.63) is 34.8 Å². The van der Waals surface area contributed by atoms with E-state index in [0.29, 0.717) is 5.69 Å². The number of hydrogen-bond acceptors (Lipinski definition) is 5. The van der Waals surface area contributed by atoms with Gasteiger partial charge in [-0.05, 0) is 45.0 Å². The third kappa shape index (κ3) is 3.17. The molecule has 0 unspecified atom stereocenters. The summed E-state index contributed by atoms with van der Waals surface area (Å²) < 4.78 is 10.3. The van der Waals surface area contributed by atoms with E-state index in [1.807, 2.05) is 45.0 Å². The summed E-state index contributed by atoms with van der Waals surface area (Å²) in [5.74, 6) is 0.426. The van der Waals surface area contributed by atoms with Crippen molar-refractivity contribution in [2.75, 3.05) is 7.11 Å². The summed E-state index contributed by atoms with van der Waals surface area (Å²) in [6.45, 7) is 5.84. The fourth-order valence-corrected chi connectivity index (χ4v) is 2.66. The van der Waals surface area contributed by atoms with E-state index < -0.39 is 5.97 Å². The van der Waals surface area contributed by atoms with Gasteiger partial charge in [0.2, 0.25) is 0 Å². The van der Waals surface area contributed by atoms with Crippen LogP contribution in [0.15, 0.2) is 24.3 Å². The van der Waals surface area contributed by atoms with Crippen LogP contribution < -0.4 is 4.74 Å². The van der Waals surface area contributed by atoms with Crippen molar-refractivity contribution in [2.45, 2.75) is 26.9 Å². The summed E-state index contributed by atoms with van der Waals surface area (Å²) in [4.78, 5) is 16.8. The van der Waals surface area contributed by atoms with Crippen LogP contribution in [-0.4, -0.2) is 24.2 Å². The first-order valence-electron chi connectivity index (χ1n) is 6.34. The van der Waals surface area contributed by atoms with Gasteiger partial charge in [0.1, 0.15) is 10.8 Å². The van der Waals surface area contributed by atoms with E-state index in [1.54, 1.807) is 0 Å². The Kier molecular flexibility index (Phi) is 4.39. The molecule has 0 radical (unpaired) electrons. The van der Waals surface area contributed by atoms with Crippen LogP contribution >= 0.6 is 11.3 Å². The van der Waals surface area contributed by atoms with Gasteiger partial charge in [0.25, 0.3) is 0 Å². The van der Waals surface area contributed by atoms with Gasteiger partial charge < -0.3 is 9.47 Å². The zero-order valence-electron chi connectivity index (χ0n) is 12.0. The number of rotatable bonds is 4. The molecule has 5 heteroatoms. The normalized spacial score (nSPS) is 10.7. The lowest BCUT2D eigenvalue weighted by Gasteiger charge is -2.09.